The molecule has 68 heavy (non-hydrogen) atoms. The van der Waals surface area contributed by atoms with Gasteiger partial charge < -0.3 is 14.7 Å². The van der Waals surface area contributed by atoms with Crippen LogP contribution in [0.2, 0.25) is 0 Å². The molecule has 6 aromatic carbocycles. The van der Waals surface area contributed by atoms with Gasteiger partial charge in [0.15, 0.2) is 0 Å². The van der Waals surface area contributed by atoms with Crippen LogP contribution in [0.4, 0.5) is 39.8 Å². The first-order chi connectivity index (χ1) is 32.1. The van der Waals surface area contributed by atoms with Crippen LogP contribution < -0.4 is 31.1 Å². The van der Waals surface area contributed by atoms with Crippen LogP contribution in [0.1, 0.15) is 173 Å². The van der Waals surface area contributed by atoms with E-state index < -0.39 is 0 Å². The predicted molar refractivity (Wildman–Crippen MR) is 291 cm³/mol. The summed E-state index contributed by atoms with van der Waals surface area (Å²) in [5, 5.41) is 0. The van der Waals surface area contributed by atoms with Crippen molar-refractivity contribution in [3.8, 4) is 11.1 Å². The third-order valence-electron chi connectivity index (χ3n) is 20.1. The second kappa shape index (κ2) is 13.3. The van der Waals surface area contributed by atoms with Crippen molar-refractivity contribution in [2.45, 2.75) is 180 Å². The maximum Gasteiger partial charge on any atom is 0.252 e. The zero-order valence-corrected chi connectivity index (χ0v) is 43.4. The van der Waals surface area contributed by atoms with Gasteiger partial charge >= 0.3 is 0 Å². The topological polar surface area (TPSA) is 9.72 Å². The van der Waals surface area contributed by atoms with Gasteiger partial charge in [-0.05, 0) is 155 Å². The Labute approximate surface area is 408 Å². The first-order valence-electron chi connectivity index (χ1n) is 26.4. The van der Waals surface area contributed by atoms with Gasteiger partial charge in [0.05, 0.1) is 16.8 Å². The molecule has 3 nitrogen and oxygen atoms in total. The number of nitrogens with zero attached hydrogens (tertiary/aromatic N) is 3. The van der Waals surface area contributed by atoms with Crippen LogP contribution in [0.15, 0.2) is 103 Å². The third-order valence-corrected chi connectivity index (χ3v) is 20.1. The summed E-state index contributed by atoms with van der Waals surface area (Å²) in [5.41, 5.74) is 26.9. The lowest BCUT2D eigenvalue weighted by molar-refractivity contribution is 0.195. The average Bonchev–Trinajstić information content (AvgIpc) is 3.75. The number of benzene rings is 6. The molecule has 0 saturated heterocycles. The van der Waals surface area contributed by atoms with Crippen molar-refractivity contribution in [1.29, 1.82) is 0 Å². The minimum absolute atomic E-state index is 0.00697. The van der Waals surface area contributed by atoms with Gasteiger partial charge in [0, 0.05) is 55.9 Å². The van der Waals surface area contributed by atoms with Gasteiger partial charge in [-0.1, -0.05) is 162 Å². The molecule has 2 fully saturated rings. The van der Waals surface area contributed by atoms with E-state index in [2.05, 4.69) is 208 Å². The molecule has 0 radical (unpaired) electrons. The summed E-state index contributed by atoms with van der Waals surface area (Å²) in [6.45, 7) is 32.2. The molecule has 13 rings (SSSR count). The summed E-state index contributed by atoms with van der Waals surface area (Å²) in [6, 6.07) is 42.2. The van der Waals surface area contributed by atoms with Crippen LogP contribution in [-0.4, -0.2) is 17.8 Å². The van der Waals surface area contributed by atoms with E-state index in [1.165, 1.54) is 152 Å². The molecule has 0 N–H and O–H groups in total. The normalized spacial score (nSPS) is 26.7. The summed E-state index contributed by atoms with van der Waals surface area (Å²) >= 11 is 0. The molecule has 0 aromatic heterocycles. The third kappa shape index (κ3) is 5.13. The fourth-order valence-corrected chi connectivity index (χ4v) is 15.8. The van der Waals surface area contributed by atoms with Crippen molar-refractivity contribution in [3.63, 3.8) is 0 Å². The molecule has 4 heterocycles. The molecule has 2 saturated carbocycles. The Morgan fingerprint density at radius 2 is 1.12 bits per heavy atom. The Balaban J connectivity index is 1.13. The van der Waals surface area contributed by atoms with Crippen LogP contribution in [0.3, 0.4) is 0 Å². The second-order valence-electron chi connectivity index (χ2n) is 26.1. The van der Waals surface area contributed by atoms with Crippen LogP contribution in [-0.2, 0) is 27.1 Å². The molecule has 4 aliphatic heterocycles. The fraction of sp³-hybridized carbons (Fsp3) is 0.438. The monoisotopic (exact) mass is 894 g/mol. The van der Waals surface area contributed by atoms with Crippen LogP contribution in [0.25, 0.3) is 11.1 Å². The molecule has 4 heteroatoms. The number of anilines is 7. The van der Waals surface area contributed by atoms with E-state index in [1.807, 2.05) is 0 Å². The molecule has 6 aromatic rings. The number of hydrogen-bond donors (Lipinski definition) is 0. The van der Waals surface area contributed by atoms with E-state index in [0.29, 0.717) is 0 Å². The standard InChI is InChI=1S/C64H72BN3/c1-39-33-53-56-54(34-39)68-57-47(62(11)30-17-19-32-64(62,68)13)36-41(59(5,6)7)37-49(57)65(56)48-27-26-42(67-50-28-25-40(58(2,3)4)35-46(50)61(10)29-16-18-31-63(61,67)12)38-52(48)66(53)51-24-20-23-45-55(51)43-21-14-15-22-44(43)60(45,8)9/h14-15,20-28,33-38H,16-19,29-32H2,1-13H3. The maximum atomic E-state index is 2.91. The van der Waals surface area contributed by atoms with Crippen molar-refractivity contribution >= 4 is 62.9 Å². The Hall–Kier alpha value is -5.22. The fourth-order valence-electron chi connectivity index (χ4n) is 15.8. The highest BCUT2D eigenvalue weighted by Crippen LogP contribution is 2.65. The lowest BCUT2D eigenvalue weighted by atomic mass is 9.33. The predicted octanol–water partition coefficient (Wildman–Crippen LogP) is 15.0. The first-order valence-corrected chi connectivity index (χ1v) is 26.4. The highest BCUT2D eigenvalue weighted by molar-refractivity contribution is 7.00. The lowest BCUT2D eigenvalue weighted by Gasteiger charge is -2.53. The number of hydrogen-bond acceptors (Lipinski definition) is 3. The molecule has 0 amide bonds. The summed E-state index contributed by atoms with van der Waals surface area (Å²) in [5.74, 6) is 0. The van der Waals surface area contributed by atoms with Crippen molar-refractivity contribution in [2.24, 2.45) is 0 Å². The number of rotatable bonds is 2. The van der Waals surface area contributed by atoms with Crippen molar-refractivity contribution < 1.29 is 0 Å². The van der Waals surface area contributed by atoms with Gasteiger partial charge in [0.25, 0.3) is 6.71 Å². The smallest absolute Gasteiger partial charge is 0.252 e. The van der Waals surface area contributed by atoms with Gasteiger partial charge in [-0.3, -0.25) is 0 Å². The van der Waals surface area contributed by atoms with Crippen LogP contribution >= 0.6 is 0 Å². The van der Waals surface area contributed by atoms with Crippen LogP contribution in [0.5, 0.6) is 0 Å². The minimum Gasteiger partial charge on any atom is -0.335 e. The van der Waals surface area contributed by atoms with Gasteiger partial charge in [-0.25, -0.2) is 0 Å². The van der Waals surface area contributed by atoms with E-state index >= 15 is 0 Å². The molecule has 346 valence electrons. The van der Waals surface area contributed by atoms with Gasteiger partial charge in [-0.2, -0.15) is 0 Å². The van der Waals surface area contributed by atoms with E-state index in [4.69, 9.17) is 0 Å². The zero-order valence-electron chi connectivity index (χ0n) is 43.4. The minimum atomic E-state index is -0.115. The average molecular weight is 894 g/mol. The largest absolute Gasteiger partial charge is 0.335 e. The van der Waals surface area contributed by atoms with Crippen LogP contribution in [0, 0.1) is 6.92 Å². The highest BCUT2D eigenvalue weighted by Gasteiger charge is 2.62. The summed E-state index contributed by atoms with van der Waals surface area (Å²) in [7, 11) is 0. The first kappa shape index (κ1) is 42.9. The molecule has 4 unspecified atom stereocenters. The zero-order chi connectivity index (χ0) is 47.5. The van der Waals surface area contributed by atoms with Crippen molar-refractivity contribution in [3.05, 3.63) is 142 Å². The number of aryl methyl sites for hydroxylation is 1. The van der Waals surface area contributed by atoms with Gasteiger partial charge in [0.1, 0.15) is 0 Å². The lowest BCUT2D eigenvalue weighted by Crippen LogP contribution is -2.64. The van der Waals surface area contributed by atoms with Gasteiger partial charge in [-0.15, -0.1) is 0 Å². The van der Waals surface area contributed by atoms with E-state index in [1.54, 1.807) is 5.56 Å². The molecular weight excluding hydrogens is 822 g/mol. The maximum absolute atomic E-state index is 2.91. The Morgan fingerprint density at radius 1 is 0.485 bits per heavy atom. The second-order valence-corrected chi connectivity index (χ2v) is 26.1. The van der Waals surface area contributed by atoms with E-state index in [0.717, 1.165) is 0 Å². The Bertz CT molecular complexity index is 3200. The van der Waals surface area contributed by atoms with Crippen molar-refractivity contribution in [2.75, 3.05) is 14.7 Å². The molecule has 0 bridgehead atoms. The molecular formula is C64H72BN3. The van der Waals surface area contributed by atoms with Gasteiger partial charge in [0.2, 0.25) is 0 Å². The summed E-state index contributed by atoms with van der Waals surface area (Å²) in [6.07, 6.45) is 9.90. The number of fused-ring (bicyclic) bond motifs is 13. The highest BCUT2D eigenvalue weighted by atomic mass is 15.3. The van der Waals surface area contributed by atoms with E-state index in [9.17, 15) is 0 Å². The Kier molecular flexibility index (Phi) is 8.41. The SMILES string of the molecule is Cc1cc2c3c(c1)N1c4c(cc(C(C)(C)C)cc4C4(C)CCCCC14C)B3c1ccc(N3c4ccc(C(C)(C)C)cc4C4(C)CCCCC34C)cc1N2c1cccc2c1-c1ccccc1C2(C)C. The van der Waals surface area contributed by atoms with Crippen molar-refractivity contribution in [1.82, 2.24) is 0 Å². The Morgan fingerprint density at radius 3 is 1.84 bits per heavy atom. The summed E-state index contributed by atoms with van der Waals surface area (Å²) in [4.78, 5) is 8.50. The molecule has 4 atom stereocenters. The molecule has 3 aliphatic carbocycles. The van der Waals surface area contributed by atoms with E-state index in [-0.39, 0.29) is 44.9 Å². The molecule has 7 aliphatic rings. The quantitative estimate of drug-likeness (QED) is 0.160. The molecule has 0 spiro atoms. The summed E-state index contributed by atoms with van der Waals surface area (Å²) < 4.78 is 0.